The van der Waals surface area contributed by atoms with Gasteiger partial charge in [-0.1, -0.05) is 18.2 Å². The number of nitrogens with two attached hydrogens (primary N) is 1. The molecule has 0 atom stereocenters. The Hall–Kier alpha value is -2.36. The largest absolute Gasteiger partial charge is 0.399 e. The summed E-state index contributed by atoms with van der Waals surface area (Å²) in [5.74, 6) is 0.0208. The number of rotatable bonds is 4. The summed E-state index contributed by atoms with van der Waals surface area (Å²) in [4.78, 5) is 18.9. The molecule has 4 nitrogen and oxygen atoms in total. The van der Waals surface area contributed by atoms with Crippen molar-refractivity contribution in [3.63, 3.8) is 0 Å². The van der Waals surface area contributed by atoms with E-state index in [4.69, 9.17) is 5.73 Å². The molecule has 1 amide bonds. The Bertz CT molecular complexity index is 647. The predicted octanol–water partition coefficient (Wildman–Crippen LogP) is 2.78. The van der Waals surface area contributed by atoms with Crippen molar-refractivity contribution in [1.29, 1.82) is 0 Å². The lowest BCUT2D eigenvalue weighted by atomic mass is 10.1. The Morgan fingerprint density at radius 3 is 2.62 bits per heavy atom. The normalized spacial score (nSPS) is 14.0. The van der Waals surface area contributed by atoms with E-state index in [1.807, 2.05) is 48.2 Å². The van der Waals surface area contributed by atoms with Gasteiger partial charge in [-0.2, -0.15) is 0 Å². The zero-order valence-electron chi connectivity index (χ0n) is 12.1. The minimum absolute atomic E-state index is 0.0208. The van der Waals surface area contributed by atoms with Gasteiger partial charge >= 0.3 is 0 Å². The van der Waals surface area contributed by atoms with Crippen molar-refractivity contribution in [3.05, 3.63) is 59.4 Å². The molecule has 21 heavy (non-hydrogen) atoms. The lowest BCUT2D eigenvalue weighted by molar-refractivity contribution is 0.0723. The van der Waals surface area contributed by atoms with Gasteiger partial charge < -0.3 is 10.6 Å². The smallest absolute Gasteiger partial charge is 0.273 e. The van der Waals surface area contributed by atoms with E-state index < -0.39 is 0 Å². The highest BCUT2D eigenvalue weighted by Crippen LogP contribution is 2.30. The number of hydrogen-bond acceptors (Lipinski definition) is 3. The quantitative estimate of drug-likeness (QED) is 0.877. The highest BCUT2D eigenvalue weighted by atomic mass is 16.2. The third kappa shape index (κ3) is 3.05. The van der Waals surface area contributed by atoms with Crippen LogP contribution < -0.4 is 5.73 Å². The standard InChI is InChI=1S/C17H19N3O/c1-12-3-2-10-19-16(12)17(21)20(15-8-9-15)11-13-4-6-14(18)7-5-13/h2-7,10,15H,8-9,11,18H2,1H3. The van der Waals surface area contributed by atoms with Crippen molar-refractivity contribution < 1.29 is 4.79 Å². The Kier molecular flexibility index (Phi) is 3.60. The van der Waals surface area contributed by atoms with Gasteiger partial charge in [0.2, 0.25) is 0 Å². The second kappa shape index (κ2) is 5.56. The first-order valence-corrected chi connectivity index (χ1v) is 7.22. The molecular formula is C17H19N3O. The number of pyridine rings is 1. The maximum absolute atomic E-state index is 12.8. The summed E-state index contributed by atoms with van der Waals surface area (Å²) < 4.78 is 0. The SMILES string of the molecule is Cc1cccnc1C(=O)N(Cc1ccc(N)cc1)C1CC1. The van der Waals surface area contributed by atoms with E-state index in [-0.39, 0.29) is 5.91 Å². The van der Waals surface area contributed by atoms with Gasteiger partial charge in [-0.3, -0.25) is 9.78 Å². The second-order valence-electron chi connectivity index (χ2n) is 5.57. The van der Waals surface area contributed by atoms with Gasteiger partial charge in [-0.15, -0.1) is 0 Å². The van der Waals surface area contributed by atoms with Gasteiger partial charge in [0.15, 0.2) is 0 Å². The third-order valence-corrected chi connectivity index (χ3v) is 3.79. The fourth-order valence-corrected chi connectivity index (χ4v) is 2.42. The van der Waals surface area contributed by atoms with Crippen LogP contribution >= 0.6 is 0 Å². The summed E-state index contributed by atoms with van der Waals surface area (Å²) in [7, 11) is 0. The molecule has 1 aliphatic rings. The molecule has 1 aromatic heterocycles. The van der Waals surface area contributed by atoms with E-state index in [9.17, 15) is 4.79 Å². The molecule has 1 heterocycles. The summed E-state index contributed by atoms with van der Waals surface area (Å²) in [5.41, 5.74) is 9.02. The van der Waals surface area contributed by atoms with E-state index in [1.165, 1.54) is 0 Å². The lowest BCUT2D eigenvalue weighted by Crippen LogP contribution is -2.33. The second-order valence-corrected chi connectivity index (χ2v) is 5.57. The van der Waals surface area contributed by atoms with Crippen molar-refractivity contribution in [2.45, 2.75) is 32.4 Å². The van der Waals surface area contributed by atoms with Gasteiger partial charge in [0.25, 0.3) is 5.91 Å². The van der Waals surface area contributed by atoms with Crippen molar-refractivity contribution in [2.24, 2.45) is 0 Å². The summed E-state index contributed by atoms with van der Waals surface area (Å²) >= 11 is 0. The van der Waals surface area contributed by atoms with Crippen LogP contribution in [0.3, 0.4) is 0 Å². The Morgan fingerprint density at radius 1 is 1.29 bits per heavy atom. The topological polar surface area (TPSA) is 59.2 Å². The molecule has 0 bridgehead atoms. The predicted molar refractivity (Wildman–Crippen MR) is 82.7 cm³/mol. The molecule has 108 valence electrons. The number of nitrogen functional groups attached to an aromatic ring is 1. The van der Waals surface area contributed by atoms with Crippen LogP contribution in [0.2, 0.25) is 0 Å². The molecule has 4 heteroatoms. The van der Waals surface area contributed by atoms with Gasteiger partial charge in [-0.25, -0.2) is 0 Å². The lowest BCUT2D eigenvalue weighted by Gasteiger charge is -2.23. The molecule has 1 aliphatic carbocycles. The van der Waals surface area contributed by atoms with Crippen LogP contribution in [0, 0.1) is 6.92 Å². The fraction of sp³-hybridized carbons (Fsp3) is 0.294. The van der Waals surface area contributed by atoms with Crippen LogP contribution in [0.5, 0.6) is 0 Å². The van der Waals surface area contributed by atoms with E-state index in [2.05, 4.69) is 4.98 Å². The van der Waals surface area contributed by atoms with Gasteiger partial charge in [0.1, 0.15) is 5.69 Å². The van der Waals surface area contributed by atoms with Crippen LogP contribution in [0.1, 0.15) is 34.5 Å². The molecule has 1 fully saturated rings. The van der Waals surface area contributed by atoms with Gasteiger partial charge in [-0.05, 0) is 49.1 Å². The van der Waals surface area contributed by atoms with Crippen molar-refractivity contribution >= 4 is 11.6 Å². The number of nitrogens with zero attached hydrogens (tertiary/aromatic N) is 2. The molecule has 3 rings (SSSR count). The van der Waals surface area contributed by atoms with Crippen LogP contribution in [0.25, 0.3) is 0 Å². The number of anilines is 1. The maximum Gasteiger partial charge on any atom is 0.273 e. The Labute approximate surface area is 124 Å². The van der Waals surface area contributed by atoms with E-state index in [0.717, 1.165) is 29.7 Å². The van der Waals surface area contributed by atoms with Crippen LogP contribution in [0.4, 0.5) is 5.69 Å². The minimum Gasteiger partial charge on any atom is -0.399 e. The van der Waals surface area contributed by atoms with Gasteiger partial charge in [0.05, 0.1) is 0 Å². The van der Waals surface area contributed by atoms with Crippen molar-refractivity contribution in [2.75, 3.05) is 5.73 Å². The molecular weight excluding hydrogens is 262 g/mol. The summed E-state index contributed by atoms with van der Waals surface area (Å²) in [6, 6.07) is 11.8. The number of hydrogen-bond donors (Lipinski definition) is 1. The molecule has 2 N–H and O–H groups in total. The first kappa shape index (κ1) is 13.6. The van der Waals surface area contributed by atoms with Gasteiger partial charge in [0, 0.05) is 24.5 Å². The van der Waals surface area contributed by atoms with Crippen molar-refractivity contribution in [1.82, 2.24) is 9.88 Å². The number of carbonyl (C=O) groups is 1. The maximum atomic E-state index is 12.8. The molecule has 0 unspecified atom stereocenters. The number of carbonyl (C=O) groups excluding carboxylic acids is 1. The summed E-state index contributed by atoms with van der Waals surface area (Å²) in [6.45, 7) is 2.54. The Balaban J connectivity index is 1.83. The molecule has 0 spiro atoms. The molecule has 2 aromatic rings. The average Bonchev–Trinajstić information content (AvgIpc) is 3.31. The molecule has 1 aromatic carbocycles. The molecule has 1 saturated carbocycles. The zero-order chi connectivity index (χ0) is 14.8. The third-order valence-electron chi connectivity index (χ3n) is 3.79. The summed E-state index contributed by atoms with van der Waals surface area (Å²) in [5, 5.41) is 0. The molecule has 0 aliphatic heterocycles. The fourth-order valence-electron chi connectivity index (χ4n) is 2.42. The van der Waals surface area contributed by atoms with Crippen LogP contribution in [0.15, 0.2) is 42.6 Å². The van der Waals surface area contributed by atoms with Crippen LogP contribution in [-0.4, -0.2) is 21.8 Å². The molecule has 0 saturated heterocycles. The summed E-state index contributed by atoms with van der Waals surface area (Å²) in [6.07, 6.45) is 3.83. The zero-order valence-corrected chi connectivity index (χ0v) is 12.1. The van der Waals surface area contributed by atoms with E-state index in [1.54, 1.807) is 6.20 Å². The number of aromatic nitrogens is 1. The number of aryl methyl sites for hydroxylation is 1. The first-order valence-electron chi connectivity index (χ1n) is 7.22. The molecule has 0 radical (unpaired) electrons. The first-order chi connectivity index (χ1) is 10.1. The number of benzene rings is 1. The highest BCUT2D eigenvalue weighted by molar-refractivity contribution is 5.94. The van der Waals surface area contributed by atoms with Crippen molar-refractivity contribution in [3.8, 4) is 0 Å². The number of amides is 1. The van der Waals surface area contributed by atoms with E-state index in [0.29, 0.717) is 18.3 Å². The average molecular weight is 281 g/mol. The van der Waals surface area contributed by atoms with Crippen LogP contribution in [-0.2, 0) is 6.54 Å². The highest BCUT2D eigenvalue weighted by Gasteiger charge is 2.34. The monoisotopic (exact) mass is 281 g/mol. The van der Waals surface area contributed by atoms with E-state index >= 15 is 0 Å². The minimum atomic E-state index is 0.0208. The Morgan fingerprint density at radius 2 is 2.00 bits per heavy atom.